The van der Waals surface area contributed by atoms with Gasteiger partial charge in [-0.25, -0.2) is 9.98 Å². The second-order valence-electron chi connectivity index (χ2n) is 5.35. The van der Waals surface area contributed by atoms with Crippen LogP contribution in [-0.4, -0.2) is 58.0 Å². The fourth-order valence-corrected chi connectivity index (χ4v) is 3.19. The summed E-state index contributed by atoms with van der Waals surface area (Å²) >= 11 is 1.92. The highest BCUT2D eigenvalue weighted by atomic mass is 127. The van der Waals surface area contributed by atoms with Gasteiger partial charge in [-0.2, -0.15) is 16.9 Å². The second kappa shape index (κ2) is 10.3. The Kier molecular flexibility index (Phi) is 9.22. The number of halogens is 1. The van der Waals surface area contributed by atoms with Crippen LogP contribution >= 0.6 is 35.7 Å². The summed E-state index contributed by atoms with van der Waals surface area (Å²) in [4.78, 5) is 8.79. The Balaban J connectivity index is 0.00000264. The van der Waals surface area contributed by atoms with Gasteiger partial charge in [-0.05, 0) is 26.0 Å². The molecule has 2 rings (SSSR count). The SMILES string of the molecule is CCNC(=NCc1ncnn1C)NCC1(SC)CCOCC1.I. The van der Waals surface area contributed by atoms with Gasteiger partial charge in [0, 0.05) is 38.1 Å². The molecule has 2 heterocycles. The van der Waals surface area contributed by atoms with Gasteiger partial charge in [0.1, 0.15) is 18.7 Å². The van der Waals surface area contributed by atoms with Crippen LogP contribution < -0.4 is 10.6 Å². The molecule has 0 unspecified atom stereocenters. The summed E-state index contributed by atoms with van der Waals surface area (Å²) in [6.07, 6.45) is 5.88. The van der Waals surface area contributed by atoms with Crippen LogP contribution in [0.4, 0.5) is 0 Å². The van der Waals surface area contributed by atoms with Crippen molar-refractivity contribution < 1.29 is 4.74 Å². The molecule has 0 saturated carbocycles. The van der Waals surface area contributed by atoms with Crippen LogP contribution in [0.5, 0.6) is 0 Å². The maximum Gasteiger partial charge on any atom is 0.191 e. The van der Waals surface area contributed by atoms with E-state index in [1.807, 2.05) is 18.8 Å². The Hall–Kier alpha value is -0.550. The topological polar surface area (TPSA) is 76.4 Å². The van der Waals surface area contributed by atoms with Gasteiger partial charge in [0.2, 0.25) is 0 Å². The number of aryl methyl sites for hydroxylation is 1. The first-order valence-corrected chi connectivity index (χ1v) is 8.89. The lowest BCUT2D eigenvalue weighted by Crippen LogP contribution is -2.47. The Bertz CT molecular complexity index is 489. The summed E-state index contributed by atoms with van der Waals surface area (Å²) in [6.45, 7) is 5.99. The van der Waals surface area contributed by atoms with Gasteiger partial charge in [-0.3, -0.25) is 4.68 Å². The highest BCUT2D eigenvalue weighted by Gasteiger charge is 2.31. The molecule has 0 radical (unpaired) electrons. The van der Waals surface area contributed by atoms with Crippen molar-refractivity contribution in [2.45, 2.75) is 31.1 Å². The molecule has 1 saturated heterocycles. The van der Waals surface area contributed by atoms with Crippen molar-refractivity contribution in [1.29, 1.82) is 0 Å². The number of guanidine groups is 1. The molecule has 9 heteroatoms. The first kappa shape index (κ1) is 20.5. The average molecular weight is 454 g/mol. The number of aliphatic imine (C=N–C) groups is 1. The number of thioether (sulfide) groups is 1. The van der Waals surface area contributed by atoms with E-state index >= 15 is 0 Å². The second-order valence-corrected chi connectivity index (χ2v) is 6.62. The van der Waals surface area contributed by atoms with Crippen molar-refractivity contribution in [3.8, 4) is 0 Å². The monoisotopic (exact) mass is 454 g/mol. The molecule has 2 N–H and O–H groups in total. The van der Waals surface area contributed by atoms with E-state index in [0.29, 0.717) is 6.54 Å². The van der Waals surface area contributed by atoms with Gasteiger partial charge in [0.15, 0.2) is 5.96 Å². The van der Waals surface area contributed by atoms with Crippen molar-refractivity contribution >= 4 is 41.7 Å². The molecule has 0 aromatic carbocycles. The van der Waals surface area contributed by atoms with E-state index in [2.05, 4.69) is 38.9 Å². The largest absolute Gasteiger partial charge is 0.381 e. The summed E-state index contributed by atoms with van der Waals surface area (Å²) in [5.41, 5.74) is 0. The molecule has 1 aromatic rings. The van der Waals surface area contributed by atoms with Crippen molar-refractivity contribution in [2.75, 3.05) is 32.6 Å². The van der Waals surface area contributed by atoms with Crippen LogP contribution in [0.3, 0.4) is 0 Å². The van der Waals surface area contributed by atoms with Crippen LogP contribution in [0, 0.1) is 0 Å². The van der Waals surface area contributed by atoms with E-state index in [4.69, 9.17) is 4.74 Å². The van der Waals surface area contributed by atoms with Gasteiger partial charge in [0.05, 0.1) is 0 Å². The lowest BCUT2D eigenvalue weighted by Gasteiger charge is -2.36. The zero-order valence-corrected chi connectivity index (χ0v) is 17.2. The third kappa shape index (κ3) is 6.11. The molecule has 132 valence electrons. The van der Waals surface area contributed by atoms with E-state index in [0.717, 1.165) is 50.9 Å². The molecule has 0 spiro atoms. The van der Waals surface area contributed by atoms with Crippen molar-refractivity contribution in [2.24, 2.45) is 12.0 Å². The minimum absolute atomic E-state index is 0. The van der Waals surface area contributed by atoms with Crippen LogP contribution in [0.15, 0.2) is 11.3 Å². The highest BCUT2D eigenvalue weighted by molar-refractivity contribution is 14.0. The van der Waals surface area contributed by atoms with Gasteiger partial charge < -0.3 is 15.4 Å². The fraction of sp³-hybridized carbons (Fsp3) is 0.786. The Morgan fingerprint density at radius 2 is 2.17 bits per heavy atom. The molecule has 7 nitrogen and oxygen atoms in total. The predicted molar refractivity (Wildman–Crippen MR) is 106 cm³/mol. The molecule has 0 bridgehead atoms. The van der Waals surface area contributed by atoms with Crippen LogP contribution in [0.2, 0.25) is 0 Å². The number of nitrogens with zero attached hydrogens (tertiary/aromatic N) is 4. The smallest absolute Gasteiger partial charge is 0.191 e. The fourth-order valence-electron chi connectivity index (χ4n) is 2.40. The van der Waals surface area contributed by atoms with Crippen LogP contribution in [0.1, 0.15) is 25.6 Å². The summed E-state index contributed by atoms with van der Waals surface area (Å²) in [6, 6.07) is 0. The molecule has 0 atom stereocenters. The third-order valence-electron chi connectivity index (χ3n) is 3.94. The maximum absolute atomic E-state index is 5.49. The standard InChI is InChI=1S/C14H26N6OS.HI/c1-4-15-13(16-9-12-18-11-19-20(12)2)17-10-14(22-3)5-7-21-8-6-14;/h11H,4-10H2,1-3H3,(H2,15,16,17);1H. The normalized spacial score (nSPS) is 17.4. The number of hydrogen-bond acceptors (Lipinski definition) is 5. The Labute approximate surface area is 159 Å². The summed E-state index contributed by atoms with van der Waals surface area (Å²) in [5, 5.41) is 10.8. The lowest BCUT2D eigenvalue weighted by atomic mass is 9.99. The molecule has 0 aliphatic carbocycles. The van der Waals surface area contributed by atoms with Gasteiger partial charge in [-0.15, -0.1) is 24.0 Å². The minimum atomic E-state index is 0. The third-order valence-corrected chi connectivity index (χ3v) is 5.36. The van der Waals surface area contributed by atoms with E-state index in [-0.39, 0.29) is 28.7 Å². The number of rotatable bonds is 6. The zero-order chi connectivity index (χ0) is 15.8. The number of hydrogen-bond donors (Lipinski definition) is 2. The molecule has 1 aliphatic rings. The maximum atomic E-state index is 5.49. The van der Waals surface area contributed by atoms with Crippen LogP contribution in [-0.2, 0) is 18.3 Å². The minimum Gasteiger partial charge on any atom is -0.381 e. The first-order chi connectivity index (χ1) is 10.7. The molecule has 23 heavy (non-hydrogen) atoms. The molecular formula is C14H27IN6OS. The summed E-state index contributed by atoms with van der Waals surface area (Å²) < 4.78 is 7.47. The lowest BCUT2D eigenvalue weighted by molar-refractivity contribution is 0.0783. The molecule has 0 amide bonds. The summed E-state index contributed by atoms with van der Waals surface area (Å²) in [7, 11) is 1.88. The first-order valence-electron chi connectivity index (χ1n) is 7.67. The number of aromatic nitrogens is 3. The average Bonchev–Trinajstić information content (AvgIpc) is 2.96. The Morgan fingerprint density at radius 1 is 1.43 bits per heavy atom. The van der Waals surface area contributed by atoms with Crippen molar-refractivity contribution in [3.63, 3.8) is 0 Å². The number of ether oxygens (including phenoxy) is 1. The van der Waals surface area contributed by atoms with Gasteiger partial charge in [0.25, 0.3) is 0 Å². The van der Waals surface area contributed by atoms with E-state index in [1.54, 1.807) is 11.0 Å². The molecule has 1 aromatic heterocycles. The molecule has 1 aliphatic heterocycles. The Morgan fingerprint density at radius 3 is 2.74 bits per heavy atom. The highest BCUT2D eigenvalue weighted by Crippen LogP contribution is 2.32. The molecular weight excluding hydrogens is 427 g/mol. The zero-order valence-electron chi connectivity index (χ0n) is 14.0. The van der Waals surface area contributed by atoms with Crippen LogP contribution in [0.25, 0.3) is 0 Å². The summed E-state index contributed by atoms with van der Waals surface area (Å²) in [5.74, 6) is 1.67. The predicted octanol–water partition coefficient (Wildman–Crippen LogP) is 1.40. The van der Waals surface area contributed by atoms with Gasteiger partial charge >= 0.3 is 0 Å². The van der Waals surface area contributed by atoms with E-state index < -0.39 is 0 Å². The molecule has 1 fully saturated rings. The van der Waals surface area contributed by atoms with E-state index in [1.165, 1.54) is 0 Å². The quantitative estimate of drug-likeness (QED) is 0.385. The van der Waals surface area contributed by atoms with E-state index in [9.17, 15) is 0 Å². The number of nitrogens with one attached hydrogen (secondary N) is 2. The van der Waals surface area contributed by atoms with Crippen molar-refractivity contribution in [3.05, 3.63) is 12.2 Å². The van der Waals surface area contributed by atoms with Crippen molar-refractivity contribution in [1.82, 2.24) is 25.4 Å². The van der Waals surface area contributed by atoms with Gasteiger partial charge in [-0.1, -0.05) is 0 Å².